The van der Waals surface area contributed by atoms with Gasteiger partial charge in [0.25, 0.3) is 5.91 Å². The number of amides is 1. The molecule has 3 aromatic rings. The van der Waals surface area contributed by atoms with Crippen molar-refractivity contribution in [1.29, 1.82) is 0 Å². The lowest BCUT2D eigenvalue weighted by Gasteiger charge is -2.24. The van der Waals surface area contributed by atoms with Gasteiger partial charge < -0.3 is 14.5 Å². The summed E-state index contributed by atoms with van der Waals surface area (Å²) in [6, 6.07) is 8.58. The first-order valence-electron chi connectivity index (χ1n) is 7.92. The first-order chi connectivity index (χ1) is 11.6. The molecule has 122 valence electrons. The van der Waals surface area contributed by atoms with E-state index in [-0.39, 0.29) is 17.5 Å². The van der Waals surface area contributed by atoms with Crippen LogP contribution in [0.5, 0.6) is 0 Å². The van der Waals surface area contributed by atoms with Crippen molar-refractivity contribution in [3.8, 4) is 0 Å². The standard InChI is InChI=1S/C17H17N5O2/c1-21-10-18-20-16(21)13-6-3-9-22(13)17(24)12-5-2-4-11-7-8-14(23)19-15(11)12/h2,4-5,7-8,10,13H,3,6,9H2,1H3,(H,19,23). The Morgan fingerprint density at radius 3 is 2.96 bits per heavy atom. The van der Waals surface area contributed by atoms with Crippen molar-refractivity contribution in [3.63, 3.8) is 0 Å². The highest BCUT2D eigenvalue weighted by atomic mass is 16.2. The molecule has 0 saturated carbocycles. The normalized spacial score (nSPS) is 17.5. The van der Waals surface area contributed by atoms with Crippen molar-refractivity contribution < 1.29 is 4.79 Å². The van der Waals surface area contributed by atoms with Gasteiger partial charge in [0.05, 0.1) is 17.1 Å². The zero-order valence-electron chi connectivity index (χ0n) is 13.3. The Morgan fingerprint density at radius 2 is 2.17 bits per heavy atom. The molecule has 7 nitrogen and oxygen atoms in total. The molecular weight excluding hydrogens is 306 g/mol. The predicted octanol–water partition coefficient (Wildman–Crippen LogP) is 1.63. The lowest BCUT2D eigenvalue weighted by Crippen LogP contribution is -2.32. The highest BCUT2D eigenvalue weighted by Gasteiger charge is 2.34. The van der Waals surface area contributed by atoms with Crippen LogP contribution in [0.25, 0.3) is 10.9 Å². The van der Waals surface area contributed by atoms with E-state index in [0.29, 0.717) is 17.6 Å². The molecule has 4 rings (SSSR count). The third-order valence-corrected chi connectivity index (χ3v) is 4.55. The number of carbonyl (C=O) groups is 1. The summed E-state index contributed by atoms with van der Waals surface area (Å²) in [5.41, 5.74) is 0.881. The van der Waals surface area contributed by atoms with Gasteiger partial charge in [-0.05, 0) is 30.4 Å². The molecular formula is C17H17N5O2. The van der Waals surface area contributed by atoms with E-state index in [4.69, 9.17) is 0 Å². The van der Waals surface area contributed by atoms with Crippen molar-refractivity contribution in [1.82, 2.24) is 24.6 Å². The highest BCUT2D eigenvalue weighted by Crippen LogP contribution is 2.32. The Kier molecular flexibility index (Phi) is 3.41. The van der Waals surface area contributed by atoms with Crippen LogP contribution in [0.3, 0.4) is 0 Å². The van der Waals surface area contributed by atoms with Crippen molar-refractivity contribution in [2.75, 3.05) is 6.54 Å². The second-order valence-electron chi connectivity index (χ2n) is 6.05. The molecule has 1 saturated heterocycles. The minimum absolute atomic E-state index is 0.0873. The zero-order valence-corrected chi connectivity index (χ0v) is 13.3. The zero-order chi connectivity index (χ0) is 16.7. The van der Waals surface area contributed by atoms with E-state index in [9.17, 15) is 9.59 Å². The second kappa shape index (κ2) is 5.59. The molecule has 1 aliphatic rings. The molecule has 1 amide bonds. The summed E-state index contributed by atoms with van der Waals surface area (Å²) in [6.07, 6.45) is 3.43. The number of hydrogen-bond donors (Lipinski definition) is 1. The fourth-order valence-corrected chi connectivity index (χ4v) is 3.38. The van der Waals surface area contributed by atoms with Crippen molar-refractivity contribution in [3.05, 3.63) is 58.4 Å². The van der Waals surface area contributed by atoms with E-state index in [2.05, 4.69) is 15.2 Å². The maximum atomic E-state index is 13.1. The van der Waals surface area contributed by atoms with E-state index in [1.54, 1.807) is 18.5 Å². The molecule has 1 N–H and O–H groups in total. The van der Waals surface area contributed by atoms with Crippen LogP contribution in [-0.2, 0) is 7.05 Å². The first kappa shape index (κ1) is 14.6. The number of aryl methyl sites for hydroxylation is 1. The van der Waals surface area contributed by atoms with Gasteiger partial charge in [0.1, 0.15) is 6.33 Å². The monoisotopic (exact) mass is 323 g/mol. The van der Waals surface area contributed by atoms with E-state index >= 15 is 0 Å². The van der Waals surface area contributed by atoms with Gasteiger partial charge in [-0.15, -0.1) is 10.2 Å². The van der Waals surface area contributed by atoms with Crippen molar-refractivity contribution in [2.24, 2.45) is 7.05 Å². The van der Waals surface area contributed by atoms with Gasteiger partial charge in [0.15, 0.2) is 5.82 Å². The van der Waals surface area contributed by atoms with Gasteiger partial charge >= 0.3 is 0 Å². The van der Waals surface area contributed by atoms with Crippen LogP contribution in [0.1, 0.15) is 35.1 Å². The SMILES string of the molecule is Cn1cnnc1C1CCCN1C(=O)c1cccc2ccc(=O)[nH]c12. The number of rotatable bonds is 2. The Bertz CT molecular complexity index is 974. The molecule has 1 fully saturated rings. The number of carbonyl (C=O) groups excluding carboxylic acids is 1. The summed E-state index contributed by atoms with van der Waals surface area (Å²) in [6.45, 7) is 0.670. The summed E-state index contributed by atoms with van der Waals surface area (Å²) in [5.74, 6) is 0.697. The second-order valence-corrected chi connectivity index (χ2v) is 6.05. The number of aromatic nitrogens is 4. The Labute approximate surface area is 137 Å². The predicted molar refractivity (Wildman–Crippen MR) is 88.6 cm³/mol. The number of pyridine rings is 1. The van der Waals surface area contributed by atoms with Crippen LogP contribution >= 0.6 is 0 Å². The van der Waals surface area contributed by atoms with Gasteiger partial charge in [-0.25, -0.2) is 0 Å². The lowest BCUT2D eigenvalue weighted by molar-refractivity contribution is 0.0729. The molecule has 0 bridgehead atoms. The summed E-state index contributed by atoms with van der Waals surface area (Å²) >= 11 is 0. The van der Waals surface area contributed by atoms with Crippen molar-refractivity contribution in [2.45, 2.75) is 18.9 Å². The fourth-order valence-electron chi connectivity index (χ4n) is 3.38. The van der Waals surface area contributed by atoms with Crippen LogP contribution in [0.15, 0.2) is 41.5 Å². The molecule has 0 aliphatic carbocycles. The molecule has 3 heterocycles. The van der Waals surface area contributed by atoms with Crippen LogP contribution in [0, 0.1) is 0 Å². The van der Waals surface area contributed by atoms with E-state index < -0.39 is 0 Å². The third kappa shape index (κ3) is 2.29. The molecule has 1 atom stereocenters. The molecule has 1 unspecified atom stereocenters. The number of nitrogens with zero attached hydrogens (tertiary/aromatic N) is 4. The Balaban J connectivity index is 1.77. The van der Waals surface area contributed by atoms with E-state index in [1.165, 1.54) is 6.07 Å². The van der Waals surface area contributed by atoms with Gasteiger partial charge in [0.2, 0.25) is 5.56 Å². The third-order valence-electron chi connectivity index (χ3n) is 4.55. The molecule has 0 spiro atoms. The first-order valence-corrected chi connectivity index (χ1v) is 7.92. The average molecular weight is 323 g/mol. The van der Waals surface area contributed by atoms with E-state index in [0.717, 1.165) is 24.1 Å². The van der Waals surface area contributed by atoms with Gasteiger partial charge in [-0.3, -0.25) is 9.59 Å². The van der Waals surface area contributed by atoms with Crippen LogP contribution in [0.4, 0.5) is 0 Å². The number of likely N-dealkylation sites (tertiary alicyclic amines) is 1. The molecule has 7 heteroatoms. The number of fused-ring (bicyclic) bond motifs is 1. The lowest BCUT2D eigenvalue weighted by atomic mass is 10.1. The molecule has 1 aromatic carbocycles. The highest BCUT2D eigenvalue weighted by molar-refractivity contribution is 6.05. The Hall–Kier alpha value is -2.96. The number of hydrogen-bond acceptors (Lipinski definition) is 4. The number of para-hydroxylation sites is 1. The number of aromatic amines is 1. The largest absolute Gasteiger partial charge is 0.328 e. The fraction of sp³-hybridized carbons (Fsp3) is 0.294. The minimum Gasteiger partial charge on any atom is -0.328 e. The maximum absolute atomic E-state index is 13.1. The number of nitrogens with one attached hydrogen (secondary N) is 1. The summed E-state index contributed by atoms with van der Waals surface area (Å²) in [7, 11) is 1.88. The number of benzene rings is 1. The van der Waals surface area contributed by atoms with Crippen LogP contribution in [-0.4, -0.2) is 37.1 Å². The maximum Gasteiger partial charge on any atom is 0.256 e. The number of H-pyrrole nitrogens is 1. The molecule has 1 aliphatic heterocycles. The van der Waals surface area contributed by atoms with Crippen LogP contribution < -0.4 is 5.56 Å². The van der Waals surface area contributed by atoms with Crippen LogP contribution in [0.2, 0.25) is 0 Å². The summed E-state index contributed by atoms with van der Waals surface area (Å²) in [5, 5.41) is 8.93. The summed E-state index contributed by atoms with van der Waals surface area (Å²) in [4.78, 5) is 29.4. The smallest absolute Gasteiger partial charge is 0.256 e. The summed E-state index contributed by atoms with van der Waals surface area (Å²) < 4.78 is 1.85. The quantitative estimate of drug-likeness (QED) is 0.777. The molecule has 2 aromatic heterocycles. The van der Waals surface area contributed by atoms with Gasteiger partial charge in [-0.1, -0.05) is 12.1 Å². The van der Waals surface area contributed by atoms with Crippen molar-refractivity contribution >= 4 is 16.8 Å². The van der Waals surface area contributed by atoms with Gasteiger partial charge in [0, 0.05) is 19.7 Å². The molecule has 24 heavy (non-hydrogen) atoms. The average Bonchev–Trinajstić information content (AvgIpc) is 3.21. The van der Waals surface area contributed by atoms with E-state index in [1.807, 2.05) is 28.6 Å². The molecule has 0 radical (unpaired) electrons. The Morgan fingerprint density at radius 1 is 1.29 bits per heavy atom. The minimum atomic E-state index is -0.214. The van der Waals surface area contributed by atoms with Gasteiger partial charge in [-0.2, -0.15) is 0 Å². The topological polar surface area (TPSA) is 83.9 Å².